The Kier molecular flexibility index (Phi) is 8.48. The molecule has 0 aromatic heterocycles. The first-order valence-corrected chi connectivity index (χ1v) is 7.09. The van der Waals surface area contributed by atoms with Crippen molar-refractivity contribution in [1.82, 2.24) is 5.32 Å². The third-order valence-electron chi connectivity index (χ3n) is 2.59. The third kappa shape index (κ3) is 8.74. The predicted molar refractivity (Wildman–Crippen MR) is 85.5 cm³/mol. The average Bonchev–Trinajstić information content (AvgIpc) is 2.42. The maximum Gasteiger partial charge on any atom is 0.408 e. The molecule has 0 aliphatic carbocycles. The van der Waals surface area contributed by atoms with Gasteiger partial charge in [0.25, 0.3) is 0 Å². The number of carbonyl (C=O) groups is 3. The third-order valence-corrected chi connectivity index (χ3v) is 2.59. The number of hydrogen-bond acceptors (Lipinski definition) is 5. The molecule has 0 spiro atoms. The van der Waals surface area contributed by atoms with Gasteiger partial charge in [-0.3, -0.25) is 4.79 Å². The van der Waals surface area contributed by atoms with E-state index in [1.807, 2.05) is 6.07 Å². The number of carboxylic acid groups (broad SMARTS) is 1. The quantitative estimate of drug-likeness (QED) is 0.739. The summed E-state index contributed by atoms with van der Waals surface area (Å²) in [5, 5.41) is 11.2. The predicted octanol–water partition coefficient (Wildman–Crippen LogP) is 0.925. The number of rotatable bonds is 6. The van der Waals surface area contributed by atoms with Crippen molar-refractivity contribution in [3.05, 3.63) is 35.9 Å². The van der Waals surface area contributed by atoms with E-state index >= 15 is 0 Å². The summed E-state index contributed by atoms with van der Waals surface area (Å²) in [5.41, 5.74) is 0.00129. The summed E-state index contributed by atoms with van der Waals surface area (Å²) < 4.78 is 9.88. The summed E-state index contributed by atoms with van der Waals surface area (Å²) in [6, 6.07) is 7.54. The van der Waals surface area contributed by atoms with Gasteiger partial charge in [-0.15, -0.1) is 0 Å². The Morgan fingerprint density at radius 2 is 1.75 bits per heavy atom. The topological polar surface area (TPSA) is 133 Å². The van der Waals surface area contributed by atoms with Crippen LogP contribution in [0.1, 0.15) is 26.3 Å². The zero-order valence-electron chi connectivity index (χ0n) is 13.9. The van der Waals surface area contributed by atoms with Crippen LogP contribution < -0.4 is 5.32 Å². The van der Waals surface area contributed by atoms with Gasteiger partial charge in [0.15, 0.2) is 6.04 Å². The fourth-order valence-corrected chi connectivity index (χ4v) is 1.61. The van der Waals surface area contributed by atoms with E-state index in [-0.39, 0.29) is 11.9 Å². The number of ether oxygens (including phenoxy) is 2. The second-order valence-corrected chi connectivity index (χ2v) is 5.88. The Morgan fingerprint density at radius 3 is 2.25 bits per heavy atom. The van der Waals surface area contributed by atoms with Gasteiger partial charge in [-0.2, -0.15) is 0 Å². The van der Waals surface area contributed by atoms with Crippen molar-refractivity contribution in [1.29, 1.82) is 0 Å². The monoisotopic (exact) mass is 341 g/mol. The molecular formula is C16H23NO7. The molecule has 8 nitrogen and oxygen atoms in total. The summed E-state index contributed by atoms with van der Waals surface area (Å²) in [6.07, 6.45) is -0.858. The number of amides is 1. The van der Waals surface area contributed by atoms with Crippen LogP contribution in [-0.2, 0) is 25.5 Å². The van der Waals surface area contributed by atoms with E-state index < -0.39 is 36.3 Å². The van der Waals surface area contributed by atoms with Crippen molar-refractivity contribution in [2.45, 2.75) is 38.8 Å². The molecule has 0 saturated heterocycles. The van der Waals surface area contributed by atoms with Crippen molar-refractivity contribution >= 4 is 18.0 Å². The van der Waals surface area contributed by atoms with E-state index in [4.69, 9.17) is 14.6 Å². The lowest BCUT2D eigenvalue weighted by molar-refractivity contribution is -0.148. The molecule has 1 aromatic rings. The van der Waals surface area contributed by atoms with Gasteiger partial charge in [0.1, 0.15) is 12.2 Å². The van der Waals surface area contributed by atoms with Crippen molar-refractivity contribution in [3.8, 4) is 0 Å². The zero-order chi connectivity index (χ0) is 17.5. The van der Waals surface area contributed by atoms with Gasteiger partial charge in [-0.05, 0) is 26.3 Å². The van der Waals surface area contributed by atoms with Crippen LogP contribution in [0, 0.1) is 0 Å². The van der Waals surface area contributed by atoms with Crippen molar-refractivity contribution in [2.24, 2.45) is 0 Å². The lowest BCUT2D eigenvalue weighted by atomic mass is 10.2. The maximum atomic E-state index is 11.7. The molecule has 0 bridgehead atoms. The van der Waals surface area contributed by atoms with Crippen molar-refractivity contribution in [2.75, 3.05) is 6.61 Å². The molecule has 1 atom stereocenters. The van der Waals surface area contributed by atoms with E-state index in [0.717, 1.165) is 5.56 Å². The van der Waals surface area contributed by atoms with Crippen molar-refractivity contribution < 1.29 is 34.4 Å². The molecule has 0 unspecified atom stereocenters. The van der Waals surface area contributed by atoms with Gasteiger partial charge < -0.3 is 25.4 Å². The molecule has 4 N–H and O–H groups in total. The molecule has 0 heterocycles. The van der Waals surface area contributed by atoms with Gasteiger partial charge in [-0.25, -0.2) is 9.59 Å². The summed E-state index contributed by atoms with van der Waals surface area (Å²) in [6.45, 7) is 4.49. The van der Waals surface area contributed by atoms with E-state index in [0.29, 0.717) is 0 Å². The van der Waals surface area contributed by atoms with E-state index in [2.05, 4.69) is 5.32 Å². The van der Waals surface area contributed by atoms with Crippen LogP contribution in [0.4, 0.5) is 4.79 Å². The summed E-state index contributed by atoms with van der Waals surface area (Å²) in [4.78, 5) is 34.4. The Hall–Kier alpha value is -2.61. The Labute approximate surface area is 140 Å². The van der Waals surface area contributed by atoms with Gasteiger partial charge in [-0.1, -0.05) is 30.3 Å². The lowest BCUT2D eigenvalue weighted by Gasteiger charge is -2.21. The second kappa shape index (κ2) is 9.51. The number of aliphatic carboxylic acids is 1. The van der Waals surface area contributed by atoms with Crippen LogP contribution in [0.3, 0.4) is 0 Å². The van der Waals surface area contributed by atoms with Crippen molar-refractivity contribution in [3.63, 3.8) is 0 Å². The average molecular weight is 341 g/mol. The van der Waals surface area contributed by atoms with Crippen LogP contribution in [-0.4, -0.2) is 46.9 Å². The van der Waals surface area contributed by atoms with Gasteiger partial charge in [0, 0.05) is 0 Å². The first-order valence-electron chi connectivity index (χ1n) is 7.09. The number of nitrogens with one attached hydrogen (secondary N) is 1. The molecule has 0 radical (unpaired) electrons. The lowest BCUT2D eigenvalue weighted by Crippen LogP contribution is -2.46. The van der Waals surface area contributed by atoms with Gasteiger partial charge >= 0.3 is 18.0 Å². The highest BCUT2D eigenvalue weighted by molar-refractivity contribution is 5.80. The maximum absolute atomic E-state index is 11.7. The van der Waals surface area contributed by atoms with Crippen LogP contribution in [0.15, 0.2) is 30.3 Å². The fourth-order valence-electron chi connectivity index (χ4n) is 1.61. The van der Waals surface area contributed by atoms with Gasteiger partial charge in [0.2, 0.25) is 0 Å². The number of hydrogen-bond donors (Lipinski definition) is 2. The number of alkyl carbamates (subject to hydrolysis) is 1. The Bertz CT molecular complexity index is 551. The van der Waals surface area contributed by atoms with Crippen LogP contribution in [0.25, 0.3) is 0 Å². The minimum absolute atomic E-state index is 0. The van der Waals surface area contributed by atoms with Crippen LogP contribution >= 0.6 is 0 Å². The second-order valence-electron chi connectivity index (χ2n) is 5.88. The summed E-state index contributed by atoms with van der Waals surface area (Å²) in [7, 11) is 0. The summed E-state index contributed by atoms with van der Waals surface area (Å²) >= 11 is 0. The molecule has 134 valence electrons. The molecule has 0 aliphatic rings. The van der Waals surface area contributed by atoms with Gasteiger partial charge in [0.05, 0.1) is 6.42 Å². The van der Waals surface area contributed by atoms with Crippen LogP contribution in [0.2, 0.25) is 0 Å². The zero-order valence-corrected chi connectivity index (χ0v) is 13.9. The molecule has 1 rings (SSSR count). The standard InChI is InChI=1S/C16H21NO6.H2O/c1-16(2,3)23-15(21)17-12(14(19)20)10-22-13(18)9-11-7-5-4-6-8-11;/h4-8,12H,9-10H2,1-3H3,(H,17,21)(H,19,20);1H2/t12-;/m0./s1. The van der Waals surface area contributed by atoms with E-state index in [1.165, 1.54) is 0 Å². The highest BCUT2D eigenvalue weighted by Gasteiger charge is 2.25. The molecule has 0 fully saturated rings. The minimum atomic E-state index is -1.37. The highest BCUT2D eigenvalue weighted by atomic mass is 16.6. The Morgan fingerprint density at radius 1 is 1.17 bits per heavy atom. The number of esters is 1. The minimum Gasteiger partial charge on any atom is -0.480 e. The molecule has 1 aromatic carbocycles. The highest BCUT2D eigenvalue weighted by Crippen LogP contribution is 2.07. The summed E-state index contributed by atoms with van der Waals surface area (Å²) in [5.74, 6) is -1.89. The molecule has 24 heavy (non-hydrogen) atoms. The Balaban J connectivity index is 0.00000529. The number of benzene rings is 1. The van der Waals surface area contributed by atoms with E-state index in [1.54, 1.807) is 45.0 Å². The number of carbonyl (C=O) groups excluding carboxylic acids is 2. The molecule has 8 heteroatoms. The number of carboxylic acids is 1. The molecular weight excluding hydrogens is 318 g/mol. The van der Waals surface area contributed by atoms with Crippen LogP contribution in [0.5, 0.6) is 0 Å². The first-order chi connectivity index (χ1) is 10.7. The normalized spacial score (nSPS) is 11.6. The molecule has 1 amide bonds. The first kappa shape index (κ1) is 21.4. The van der Waals surface area contributed by atoms with E-state index in [9.17, 15) is 14.4 Å². The molecule has 0 aliphatic heterocycles. The largest absolute Gasteiger partial charge is 0.480 e. The fraction of sp³-hybridized carbons (Fsp3) is 0.438. The SMILES string of the molecule is CC(C)(C)OC(=O)N[C@@H](COC(=O)Cc1ccccc1)C(=O)O.O. The smallest absolute Gasteiger partial charge is 0.408 e. The molecule has 0 saturated carbocycles.